The Labute approximate surface area is 324 Å². The summed E-state index contributed by atoms with van der Waals surface area (Å²) >= 11 is 1.57. The molecular weight excluding hydrogens is 721 g/mol. The summed E-state index contributed by atoms with van der Waals surface area (Å²) in [6, 6.07) is 14.1. The van der Waals surface area contributed by atoms with Gasteiger partial charge in [0.15, 0.2) is 5.82 Å². The van der Waals surface area contributed by atoms with E-state index in [9.17, 15) is 29.7 Å². The van der Waals surface area contributed by atoms with E-state index in [2.05, 4.69) is 25.8 Å². The highest BCUT2D eigenvalue weighted by Gasteiger charge is 2.45. The summed E-state index contributed by atoms with van der Waals surface area (Å²) in [5, 5.41) is 46.6. The number of piperidine rings is 1. The highest BCUT2D eigenvalue weighted by Crippen LogP contribution is 2.35. The third kappa shape index (κ3) is 8.90. The molecule has 0 saturated carbocycles. The standard InChI is InChI=1S/C40H50N8O6S/c1-23(25-10-12-26(13-11-25)34-24(2)42-22-55-34)43-37(52)31-18-27(49)21-48(31)38(53)35(39(3,4)5)44-33(51)20-40(54)14-16-47(17-15-40)30-19-29(45-46-36(30)41)28-8-6-7-9-32(28)50/h6-13,19,22-23,27,31,35,49-50,54H,14-18,20-21H2,1-5H3,(H2,41,46)(H,43,52)(H,44,51)/t23-,27+,31-,35+/m0/s1. The molecule has 55 heavy (non-hydrogen) atoms. The number of nitrogen functional groups attached to an aromatic ring is 1. The van der Waals surface area contributed by atoms with Crippen molar-refractivity contribution in [2.45, 2.75) is 90.1 Å². The van der Waals surface area contributed by atoms with Gasteiger partial charge in [0.25, 0.3) is 0 Å². The molecule has 2 aliphatic heterocycles. The van der Waals surface area contributed by atoms with Gasteiger partial charge in [-0.2, -0.15) is 0 Å². The zero-order valence-electron chi connectivity index (χ0n) is 31.8. The summed E-state index contributed by atoms with van der Waals surface area (Å²) in [5.41, 5.74) is 10.4. The number of phenols is 1. The Morgan fingerprint density at radius 1 is 1.05 bits per heavy atom. The quantitative estimate of drug-likeness (QED) is 0.136. The van der Waals surface area contributed by atoms with Crippen LogP contribution in [0.2, 0.25) is 0 Å². The minimum absolute atomic E-state index is 0.0466. The fraction of sp³-hybridized carbons (Fsp3) is 0.450. The van der Waals surface area contributed by atoms with Crippen LogP contribution < -0.4 is 21.3 Å². The SMILES string of the molecule is Cc1ncsc1-c1ccc([C@H](C)NC(=O)[C@@H]2C[C@@H](O)CN2C(=O)[C@@H](NC(=O)CC2(O)CCN(c3cc(-c4ccccc4O)nnc3N)CC2)C(C)(C)C)cc1. The Morgan fingerprint density at radius 2 is 1.75 bits per heavy atom. The number of anilines is 2. The molecule has 292 valence electrons. The molecule has 4 aromatic rings. The van der Waals surface area contributed by atoms with Crippen LogP contribution in [-0.4, -0.2) is 96.5 Å². The average Bonchev–Trinajstić information content (AvgIpc) is 3.76. The number of hydrogen-bond acceptors (Lipinski definition) is 12. The maximum atomic E-state index is 14.2. The van der Waals surface area contributed by atoms with E-state index in [0.717, 1.165) is 21.7 Å². The van der Waals surface area contributed by atoms with Crippen molar-refractivity contribution in [3.05, 3.63) is 71.4 Å². The van der Waals surface area contributed by atoms with Crippen molar-refractivity contribution in [3.8, 4) is 27.4 Å². The van der Waals surface area contributed by atoms with Crippen LogP contribution in [0.25, 0.3) is 21.7 Å². The Balaban J connectivity index is 1.08. The van der Waals surface area contributed by atoms with Crippen LogP contribution in [0.5, 0.6) is 5.75 Å². The number of carbonyl (C=O) groups excluding carboxylic acids is 3. The Morgan fingerprint density at radius 3 is 2.38 bits per heavy atom. The first kappa shape index (κ1) is 39.6. The highest BCUT2D eigenvalue weighted by molar-refractivity contribution is 7.13. The number of likely N-dealkylation sites (tertiary alicyclic amines) is 1. The molecule has 0 bridgehead atoms. The molecule has 0 unspecified atom stereocenters. The third-order valence-corrected chi connectivity index (χ3v) is 11.5. The van der Waals surface area contributed by atoms with E-state index in [1.54, 1.807) is 41.7 Å². The van der Waals surface area contributed by atoms with Gasteiger partial charge in [-0.25, -0.2) is 4.98 Å². The van der Waals surface area contributed by atoms with E-state index in [-0.39, 0.29) is 49.8 Å². The van der Waals surface area contributed by atoms with E-state index in [1.165, 1.54) is 4.90 Å². The van der Waals surface area contributed by atoms with E-state index < -0.39 is 46.9 Å². The number of hydrogen-bond donors (Lipinski definition) is 6. The van der Waals surface area contributed by atoms with Gasteiger partial charge in [0.2, 0.25) is 17.7 Å². The average molecular weight is 771 g/mol. The molecule has 4 atom stereocenters. The van der Waals surface area contributed by atoms with Gasteiger partial charge in [0.1, 0.15) is 17.8 Å². The van der Waals surface area contributed by atoms with Gasteiger partial charge < -0.3 is 41.5 Å². The smallest absolute Gasteiger partial charge is 0.246 e. The van der Waals surface area contributed by atoms with Crippen LogP contribution in [0.1, 0.15) is 70.7 Å². The number of aromatic hydroxyl groups is 1. The Kier molecular flexibility index (Phi) is 11.5. The molecule has 7 N–H and O–H groups in total. The second-order valence-corrected chi connectivity index (χ2v) is 16.6. The zero-order valence-corrected chi connectivity index (χ0v) is 32.6. The fourth-order valence-electron chi connectivity index (χ4n) is 7.33. The monoisotopic (exact) mass is 770 g/mol. The van der Waals surface area contributed by atoms with Crippen LogP contribution in [0.3, 0.4) is 0 Å². The molecule has 0 radical (unpaired) electrons. The van der Waals surface area contributed by atoms with Crippen LogP contribution >= 0.6 is 11.3 Å². The van der Waals surface area contributed by atoms with Gasteiger partial charge in [0.05, 0.1) is 51.6 Å². The molecule has 2 aromatic heterocycles. The van der Waals surface area contributed by atoms with Gasteiger partial charge in [-0.15, -0.1) is 21.5 Å². The van der Waals surface area contributed by atoms with Crippen molar-refractivity contribution in [2.24, 2.45) is 5.41 Å². The molecule has 4 heterocycles. The number of aryl methyl sites for hydroxylation is 1. The number of aliphatic hydroxyl groups excluding tert-OH is 1. The van der Waals surface area contributed by atoms with E-state index >= 15 is 0 Å². The third-order valence-electron chi connectivity index (χ3n) is 10.6. The Bertz CT molecular complexity index is 2020. The number of nitrogens with zero attached hydrogens (tertiary/aromatic N) is 5. The highest BCUT2D eigenvalue weighted by atomic mass is 32.1. The topological polar surface area (TPSA) is 207 Å². The lowest BCUT2D eigenvalue weighted by atomic mass is 9.84. The van der Waals surface area contributed by atoms with E-state index in [1.807, 2.05) is 69.3 Å². The van der Waals surface area contributed by atoms with Crippen molar-refractivity contribution in [1.29, 1.82) is 0 Å². The predicted molar refractivity (Wildman–Crippen MR) is 211 cm³/mol. The summed E-state index contributed by atoms with van der Waals surface area (Å²) in [5.74, 6) is -1.09. The summed E-state index contributed by atoms with van der Waals surface area (Å²) < 4.78 is 0. The number of aliphatic hydroxyl groups is 2. The number of benzene rings is 2. The molecule has 6 rings (SSSR count). The van der Waals surface area contributed by atoms with Crippen molar-refractivity contribution < 1.29 is 29.7 Å². The fourth-order valence-corrected chi connectivity index (χ4v) is 8.15. The van der Waals surface area contributed by atoms with Crippen molar-refractivity contribution in [3.63, 3.8) is 0 Å². The lowest BCUT2D eigenvalue weighted by molar-refractivity contribution is -0.145. The molecule has 2 aliphatic rings. The molecule has 2 saturated heterocycles. The van der Waals surface area contributed by atoms with Crippen LogP contribution in [0.4, 0.5) is 11.5 Å². The van der Waals surface area contributed by atoms with Gasteiger partial charge in [-0.3, -0.25) is 14.4 Å². The van der Waals surface area contributed by atoms with Crippen LogP contribution in [-0.2, 0) is 14.4 Å². The number of rotatable bonds is 10. The molecule has 0 spiro atoms. The lowest BCUT2D eigenvalue weighted by Crippen LogP contribution is -2.58. The van der Waals surface area contributed by atoms with Gasteiger partial charge in [-0.05, 0) is 61.4 Å². The van der Waals surface area contributed by atoms with Gasteiger partial charge in [0, 0.05) is 31.6 Å². The van der Waals surface area contributed by atoms with E-state index in [0.29, 0.717) is 30.0 Å². The molecule has 0 aliphatic carbocycles. The lowest BCUT2D eigenvalue weighted by Gasteiger charge is -2.40. The second-order valence-electron chi connectivity index (χ2n) is 15.8. The minimum Gasteiger partial charge on any atom is -0.507 e. The molecule has 2 fully saturated rings. The number of thiazole rings is 1. The molecule has 14 nitrogen and oxygen atoms in total. The number of β-amino-alcohol motifs (C(OH)–C–C–N with tert-alkyl or cyclic N) is 1. The number of para-hydroxylation sites is 1. The summed E-state index contributed by atoms with van der Waals surface area (Å²) in [4.78, 5) is 50.2. The maximum absolute atomic E-state index is 14.2. The number of aromatic nitrogens is 3. The van der Waals surface area contributed by atoms with Gasteiger partial charge in [-0.1, -0.05) is 57.2 Å². The molecular formula is C40H50N8O6S. The predicted octanol–water partition coefficient (Wildman–Crippen LogP) is 3.95. The number of amides is 3. The molecule has 15 heteroatoms. The maximum Gasteiger partial charge on any atom is 0.246 e. The number of phenolic OH excluding ortho intramolecular Hbond substituents is 1. The minimum atomic E-state index is -1.35. The zero-order chi connectivity index (χ0) is 39.7. The van der Waals surface area contributed by atoms with Crippen molar-refractivity contribution in [1.82, 2.24) is 30.7 Å². The van der Waals surface area contributed by atoms with Crippen LogP contribution in [0.15, 0.2) is 60.1 Å². The Hall–Kier alpha value is -5.12. The summed E-state index contributed by atoms with van der Waals surface area (Å²) in [6.45, 7) is 9.99. The van der Waals surface area contributed by atoms with E-state index in [4.69, 9.17) is 5.73 Å². The van der Waals surface area contributed by atoms with Crippen LogP contribution in [0, 0.1) is 12.3 Å². The molecule has 2 aromatic carbocycles. The van der Waals surface area contributed by atoms with Crippen molar-refractivity contribution in [2.75, 3.05) is 30.3 Å². The normalized spacial score (nSPS) is 19.5. The van der Waals surface area contributed by atoms with Crippen molar-refractivity contribution >= 4 is 40.6 Å². The first-order chi connectivity index (χ1) is 26.0. The number of nitrogens with two attached hydrogens (primary N) is 1. The molecule has 3 amide bonds. The first-order valence-corrected chi connectivity index (χ1v) is 19.4. The second kappa shape index (κ2) is 15.9. The number of carbonyl (C=O) groups is 3. The first-order valence-electron chi connectivity index (χ1n) is 18.5. The number of nitrogens with one attached hydrogen (secondary N) is 2. The van der Waals surface area contributed by atoms with Gasteiger partial charge >= 0.3 is 0 Å². The summed E-state index contributed by atoms with van der Waals surface area (Å²) in [7, 11) is 0. The largest absolute Gasteiger partial charge is 0.507 e. The summed E-state index contributed by atoms with van der Waals surface area (Å²) in [6.07, 6.45) is -0.582.